The van der Waals surface area contributed by atoms with Gasteiger partial charge < -0.3 is 5.73 Å². The van der Waals surface area contributed by atoms with Crippen molar-refractivity contribution < 1.29 is 4.79 Å². The predicted molar refractivity (Wildman–Crippen MR) is 123 cm³/mol. The highest BCUT2D eigenvalue weighted by Crippen LogP contribution is 2.45. The second kappa shape index (κ2) is 8.62. The van der Waals surface area contributed by atoms with Crippen molar-refractivity contribution in [1.29, 1.82) is 0 Å². The van der Waals surface area contributed by atoms with Gasteiger partial charge in [-0.25, -0.2) is 0 Å². The number of amides is 1. The smallest absolute Gasteiger partial charge is 0.246 e. The average molecular weight is 389 g/mol. The molecule has 146 valence electrons. The molecule has 0 aliphatic carbocycles. The van der Waals surface area contributed by atoms with Crippen LogP contribution in [-0.4, -0.2) is 5.91 Å². The van der Waals surface area contributed by atoms with Crippen LogP contribution in [0.4, 0.5) is 0 Å². The molecule has 0 fully saturated rings. The first-order valence-electron chi connectivity index (χ1n) is 9.96. The normalized spacial score (nSPS) is 11.8. The molecule has 2 heteroatoms. The summed E-state index contributed by atoms with van der Waals surface area (Å²) < 4.78 is 0. The van der Waals surface area contributed by atoms with Gasteiger partial charge in [-0.2, -0.15) is 0 Å². The van der Waals surface area contributed by atoms with E-state index in [4.69, 9.17) is 5.73 Å². The Kier molecular flexibility index (Phi) is 5.58. The number of carbonyl (C=O) groups is 1. The average Bonchev–Trinajstić information content (AvgIpc) is 2.82. The summed E-state index contributed by atoms with van der Waals surface area (Å²) in [6.07, 6.45) is 1.91. The highest BCUT2D eigenvalue weighted by atomic mass is 16.1. The fraction of sp³-hybridized carbons (Fsp3) is 0.0357. The van der Waals surface area contributed by atoms with E-state index >= 15 is 0 Å². The summed E-state index contributed by atoms with van der Waals surface area (Å²) in [5.74, 6) is -0.449. The minimum atomic E-state index is -0.842. The van der Waals surface area contributed by atoms with Gasteiger partial charge in [0.2, 0.25) is 5.91 Å². The summed E-state index contributed by atoms with van der Waals surface area (Å²) in [7, 11) is 0. The van der Waals surface area contributed by atoms with E-state index in [1.807, 2.05) is 91.0 Å². The van der Waals surface area contributed by atoms with E-state index in [0.29, 0.717) is 5.57 Å². The van der Waals surface area contributed by atoms with Gasteiger partial charge in [-0.1, -0.05) is 121 Å². The molecule has 0 aliphatic rings. The first-order chi connectivity index (χ1) is 14.7. The standard InChI is InChI=1S/C28H23NO/c29-27(30)26(21-22-13-5-1-6-14-22)28(23-15-7-2-8-16-23,24-17-9-3-10-18-24)25-19-11-4-12-20-25/h1-21H,(H2,29,30). The molecule has 4 aromatic carbocycles. The lowest BCUT2D eigenvalue weighted by Gasteiger charge is -2.37. The lowest BCUT2D eigenvalue weighted by molar-refractivity contribution is -0.114. The molecule has 0 radical (unpaired) electrons. The summed E-state index contributed by atoms with van der Waals surface area (Å²) in [5.41, 5.74) is 9.66. The molecule has 0 atom stereocenters. The van der Waals surface area contributed by atoms with Crippen LogP contribution in [0.15, 0.2) is 127 Å². The molecule has 30 heavy (non-hydrogen) atoms. The zero-order chi connectivity index (χ0) is 20.8. The van der Waals surface area contributed by atoms with E-state index in [9.17, 15) is 4.79 Å². The van der Waals surface area contributed by atoms with Gasteiger partial charge in [0.1, 0.15) is 0 Å². The van der Waals surface area contributed by atoms with Crippen molar-refractivity contribution in [1.82, 2.24) is 0 Å². The van der Waals surface area contributed by atoms with Crippen molar-refractivity contribution in [2.24, 2.45) is 5.73 Å². The summed E-state index contributed by atoms with van der Waals surface area (Å²) >= 11 is 0. The van der Waals surface area contributed by atoms with Crippen molar-refractivity contribution in [3.8, 4) is 0 Å². The van der Waals surface area contributed by atoms with Crippen molar-refractivity contribution in [3.63, 3.8) is 0 Å². The third-order valence-electron chi connectivity index (χ3n) is 5.40. The Labute approximate surface area is 177 Å². The zero-order valence-corrected chi connectivity index (χ0v) is 16.6. The van der Waals surface area contributed by atoms with Crippen LogP contribution in [0.25, 0.3) is 6.08 Å². The third kappa shape index (κ3) is 3.56. The Bertz CT molecular complexity index is 1040. The molecule has 0 aromatic heterocycles. The molecule has 2 N–H and O–H groups in total. The van der Waals surface area contributed by atoms with Gasteiger partial charge in [0.15, 0.2) is 0 Å². The highest BCUT2D eigenvalue weighted by molar-refractivity contribution is 6.01. The van der Waals surface area contributed by atoms with Gasteiger partial charge >= 0.3 is 0 Å². The van der Waals surface area contributed by atoms with Crippen LogP contribution in [-0.2, 0) is 10.2 Å². The Morgan fingerprint density at radius 2 is 0.900 bits per heavy atom. The lowest BCUT2D eigenvalue weighted by Crippen LogP contribution is -2.37. The van der Waals surface area contributed by atoms with Crippen LogP contribution in [0.5, 0.6) is 0 Å². The monoisotopic (exact) mass is 389 g/mol. The Hall–Kier alpha value is -3.91. The van der Waals surface area contributed by atoms with E-state index in [1.54, 1.807) is 0 Å². The molecular formula is C28H23NO. The van der Waals surface area contributed by atoms with E-state index in [2.05, 4.69) is 36.4 Å². The maximum atomic E-state index is 13.0. The third-order valence-corrected chi connectivity index (χ3v) is 5.40. The highest BCUT2D eigenvalue weighted by Gasteiger charge is 2.42. The van der Waals surface area contributed by atoms with Crippen LogP contribution in [0.2, 0.25) is 0 Å². The van der Waals surface area contributed by atoms with E-state index < -0.39 is 11.3 Å². The molecule has 0 unspecified atom stereocenters. The largest absolute Gasteiger partial charge is 0.366 e. The molecule has 0 saturated heterocycles. The lowest BCUT2D eigenvalue weighted by atomic mass is 9.64. The number of primary amides is 1. The topological polar surface area (TPSA) is 43.1 Å². The molecule has 0 bridgehead atoms. The van der Waals surface area contributed by atoms with E-state index in [1.165, 1.54) is 0 Å². The molecule has 2 nitrogen and oxygen atoms in total. The fourth-order valence-corrected chi connectivity index (χ4v) is 4.11. The van der Waals surface area contributed by atoms with Gasteiger partial charge in [-0.05, 0) is 28.3 Å². The minimum Gasteiger partial charge on any atom is -0.366 e. The molecule has 0 saturated carbocycles. The van der Waals surface area contributed by atoms with Crippen molar-refractivity contribution in [2.75, 3.05) is 0 Å². The number of hydrogen-bond donors (Lipinski definition) is 1. The van der Waals surface area contributed by atoms with Crippen LogP contribution in [0, 0.1) is 0 Å². The van der Waals surface area contributed by atoms with Gasteiger partial charge in [0.05, 0.1) is 5.41 Å². The summed E-state index contributed by atoms with van der Waals surface area (Å²) in [4.78, 5) is 13.0. The second-order valence-corrected chi connectivity index (χ2v) is 7.18. The molecule has 4 aromatic rings. The maximum absolute atomic E-state index is 13.0. The quantitative estimate of drug-likeness (QED) is 0.339. The first-order valence-corrected chi connectivity index (χ1v) is 9.96. The molecule has 0 heterocycles. The molecular weight excluding hydrogens is 366 g/mol. The fourth-order valence-electron chi connectivity index (χ4n) is 4.11. The number of carbonyl (C=O) groups excluding carboxylic acids is 1. The Balaban J connectivity index is 2.14. The van der Waals surface area contributed by atoms with Crippen LogP contribution in [0.3, 0.4) is 0 Å². The molecule has 0 spiro atoms. The SMILES string of the molecule is NC(=O)C(=Cc1ccccc1)C(c1ccccc1)(c1ccccc1)c1ccccc1. The Morgan fingerprint density at radius 1 is 0.567 bits per heavy atom. The van der Waals surface area contributed by atoms with Crippen molar-refractivity contribution in [3.05, 3.63) is 149 Å². The maximum Gasteiger partial charge on any atom is 0.246 e. The van der Waals surface area contributed by atoms with Crippen molar-refractivity contribution in [2.45, 2.75) is 5.41 Å². The minimum absolute atomic E-state index is 0.449. The second-order valence-electron chi connectivity index (χ2n) is 7.18. The molecule has 4 rings (SSSR count). The van der Waals surface area contributed by atoms with Gasteiger partial charge in [0, 0.05) is 5.57 Å². The van der Waals surface area contributed by atoms with Crippen LogP contribution in [0.1, 0.15) is 22.3 Å². The Morgan fingerprint density at radius 3 is 1.23 bits per heavy atom. The van der Waals surface area contributed by atoms with Gasteiger partial charge in [0.25, 0.3) is 0 Å². The summed E-state index contributed by atoms with van der Waals surface area (Å²) in [6, 6.07) is 40.1. The van der Waals surface area contributed by atoms with E-state index in [0.717, 1.165) is 22.3 Å². The first kappa shape index (κ1) is 19.4. The van der Waals surface area contributed by atoms with Crippen molar-refractivity contribution >= 4 is 12.0 Å². The number of hydrogen-bond acceptors (Lipinski definition) is 1. The van der Waals surface area contributed by atoms with E-state index in [-0.39, 0.29) is 0 Å². The van der Waals surface area contributed by atoms with Gasteiger partial charge in [-0.15, -0.1) is 0 Å². The molecule has 0 aliphatic heterocycles. The number of nitrogens with two attached hydrogens (primary N) is 1. The predicted octanol–water partition coefficient (Wildman–Crippen LogP) is 5.59. The zero-order valence-electron chi connectivity index (χ0n) is 16.6. The summed E-state index contributed by atoms with van der Waals surface area (Å²) in [5, 5.41) is 0. The van der Waals surface area contributed by atoms with Gasteiger partial charge in [-0.3, -0.25) is 4.79 Å². The summed E-state index contributed by atoms with van der Waals surface area (Å²) in [6.45, 7) is 0. The number of benzene rings is 4. The number of rotatable bonds is 6. The molecule has 1 amide bonds. The van der Waals surface area contributed by atoms with Crippen LogP contribution < -0.4 is 5.73 Å². The van der Waals surface area contributed by atoms with Crippen LogP contribution >= 0.6 is 0 Å².